The molecule has 4 nitrogen and oxygen atoms in total. The van der Waals surface area contributed by atoms with Crippen LogP contribution in [0.2, 0.25) is 0 Å². The van der Waals surface area contributed by atoms with Crippen LogP contribution in [0.25, 0.3) is 0 Å². The average molecular weight is 244 g/mol. The van der Waals surface area contributed by atoms with Gasteiger partial charge in [0.15, 0.2) is 0 Å². The molecule has 18 heavy (non-hydrogen) atoms. The lowest BCUT2D eigenvalue weighted by molar-refractivity contribution is 0.276. The highest BCUT2D eigenvalue weighted by Crippen LogP contribution is 2.13. The number of aliphatic hydroxyl groups is 1. The number of hydrogen-bond donors (Lipinski definition) is 1. The Balaban J connectivity index is 1.97. The molecule has 0 atom stereocenters. The van der Waals surface area contributed by atoms with Crippen molar-refractivity contribution >= 4 is 0 Å². The maximum Gasteiger partial charge on any atom is 0.118 e. The highest BCUT2D eigenvalue weighted by molar-refractivity contribution is 5.27. The summed E-state index contributed by atoms with van der Waals surface area (Å²) in [4.78, 5) is 8.15. The van der Waals surface area contributed by atoms with Gasteiger partial charge in [0.2, 0.25) is 0 Å². The van der Waals surface area contributed by atoms with E-state index >= 15 is 0 Å². The predicted molar refractivity (Wildman–Crippen MR) is 68.4 cm³/mol. The van der Waals surface area contributed by atoms with E-state index in [2.05, 4.69) is 9.97 Å². The van der Waals surface area contributed by atoms with Gasteiger partial charge in [-0.05, 0) is 36.6 Å². The molecule has 0 saturated carbocycles. The molecule has 94 valence electrons. The lowest BCUT2D eigenvalue weighted by Crippen LogP contribution is -1.98. The van der Waals surface area contributed by atoms with Crippen molar-refractivity contribution < 1.29 is 9.84 Å². The largest absolute Gasteiger partial charge is 0.497 e. The molecule has 0 amide bonds. The quantitative estimate of drug-likeness (QED) is 0.870. The summed E-state index contributed by atoms with van der Waals surface area (Å²) in [6.45, 7) is -0.0436. The fraction of sp³-hybridized carbons (Fsp3) is 0.286. The Hall–Kier alpha value is -1.94. The van der Waals surface area contributed by atoms with Crippen molar-refractivity contribution in [3.05, 3.63) is 53.6 Å². The number of nitrogens with zero attached hydrogens (tertiary/aromatic N) is 2. The van der Waals surface area contributed by atoms with Gasteiger partial charge in [-0.3, -0.25) is 0 Å². The molecule has 4 heteroatoms. The van der Waals surface area contributed by atoms with E-state index in [4.69, 9.17) is 9.84 Å². The molecule has 0 fully saturated rings. The Labute approximate surface area is 106 Å². The van der Waals surface area contributed by atoms with Crippen LogP contribution >= 0.6 is 0 Å². The van der Waals surface area contributed by atoms with Crippen molar-refractivity contribution in [2.75, 3.05) is 7.11 Å². The van der Waals surface area contributed by atoms with Gasteiger partial charge in [-0.1, -0.05) is 12.1 Å². The lowest BCUT2D eigenvalue weighted by Gasteiger charge is -2.04. The molecule has 1 aromatic heterocycles. The van der Waals surface area contributed by atoms with Crippen LogP contribution in [0.4, 0.5) is 0 Å². The van der Waals surface area contributed by atoms with Crippen molar-refractivity contribution in [3.8, 4) is 5.75 Å². The molecule has 0 radical (unpaired) electrons. The Kier molecular flexibility index (Phi) is 4.25. The van der Waals surface area contributed by atoms with E-state index in [-0.39, 0.29) is 6.61 Å². The maximum absolute atomic E-state index is 9.00. The van der Waals surface area contributed by atoms with Gasteiger partial charge < -0.3 is 9.84 Å². The molecule has 1 heterocycles. The van der Waals surface area contributed by atoms with Crippen molar-refractivity contribution in [1.29, 1.82) is 0 Å². The molecule has 0 saturated heterocycles. The highest BCUT2D eigenvalue weighted by Gasteiger charge is 2.00. The van der Waals surface area contributed by atoms with Crippen molar-refractivity contribution in [1.82, 2.24) is 9.97 Å². The van der Waals surface area contributed by atoms with Gasteiger partial charge in [-0.2, -0.15) is 0 Å². The number of hydrogen-bond acceptors (Lipinski definition) is 4. The van der Waals surface area contributed by atoms with E-state index in [9.17, 15) is 0 Å². The molecule has 0 aliphatic heterocycles. The third kappa shape index (κ3) is 3.28. The van der Waals surface area contributed by atoms with E-state index in [1.54, 1.807) is 7.11 Å². The highest BCUT2D eigenvalue weighted by atomic mass is 16.5. The number of aryl methyl sites for hydroxylation is 2. The van der Waals surface area contributed by atoms with Gasteiger partial charge in [0.1, 0.15) is 12.1 Å². The summed E-state index contributed by atoms with van der Waals surface area (Å²) in [7, 11) is 1.66. The van der Waals surface area contributed by atoms with Crippen LogP contribution in [-0.2, 0) is 19.4 Å². The summed E-state index contributed by atoms with van der Waals surface area (Å²) in [5, 5.41) is 9.00. The van der Waals surface area contributed by atoms with E-state index in [1.807, 2.05) is 30.3 Å². The normalized spacial score (nSPS) is 10.3. The minimum Gasteiger partial charge on any atom is -0.497 e. The first-order valence-electron chi connectivity index (χ1n) is 5.85. The number of aliphatic hydroxyl groups excluding tert-OH is 1. The van der Waals surface area contributed by atoms with Crippen LogP contribution in [0.5, 0.6) is 5.75 Å². The zero-order valence-corrected chi connectivity index (χ0v) is 10.3. The monoisotopic (exact) mass is 244 g/mol. The van der Waals surface area contributed by atoms with Crippen LogP contribution < -0.4 is 4.74 Å². The van der Waals surface area contributed by atoms with Crippen molar-refractivity contribution in [3.63, 3.8) is 0 Å². The fourth-order valence-corrected chi connectivity index (χ4v) is 1.73. The van der Waals surface area contributed by atoms with Crippen molar-refractivity contribution in [2.24, 2.45) is 0 Å². The molecule has 2 rings (SSSR count). The first-order valence-corrected chi connectivity index (χ1v) is 5.85. The van der Waals surface area contributed by atoms with Crippen LogP contribution in [-0.4, -0.2) is 22.2 Å². The van der Waals surface area contributed by atoms with Gasteiger partial charge in [0, 0.05) is 5.69 Å². The SMILES string of the molecule is COc1ccc(CCc2cc(CO)ncn2)cc1. The third-order valence-electron chi connectivity index (χ3n) is 2.77. The van der Waals surface area contributed by atoms with Crippen LogP contribution in [0.1, 0.15) is 17.0 Å². The van der Waals surface area contributed by atoms with Gasteiger partial charge >= 0.3 is 0 Å². The van der Waals surface area contributed by atoms with Gasteiger partial charge in [-0.25, -0.2) is 9.97 Å². The first-order chi connectivity index (χ1) is 8.81. The molecule has 1 N–H and O–H groups in total. The number of methoxy groups -OCH3 is 1. The zero-order chi connectivity index (χ0) is 12.8. The number of rotatable bonds is 5. The summed E-state index contributed by atoms with van der Waals surface area (Å²) in [6.07, 6.45) is 3.24. The Morgan fingerprint density at radius 2 is 1.78 bits per heavy atom. The average Bonchev–Trinajstić information content (AvgIpc) is 2.46. The van der Waals surface area contributed by atoms with Crippen LogP contribution in [0.15, 0.2) is 36.7 Å². The number of ether oxygens (including phenoxy) is 1. The minimum absolute atomic E-state index is 0.0436. The molecule has 0 aliphatic rings. The summed E-state index contributed by atoms with van der Waals surface area (Å²) in [5.41, 5.74) is 2.85. The predicted octanol–water partition coefficient (Wildman–Crippen LogP) is 1.76. The summed E-state index contributed by atoms with van der Waals surface area (Å²) >= 11 is 0. The van der Waals surface area contributed by atoms with Gasteiger partial charge in [-0.15, -0.1) is 0 Å². The molecular formula is C14H16N2O2. The number of aromatic nitrogens is 2. The van der Waals surface area contributed by atoms with E-state index in [0.29, 0.717) is 5.69 Å². The molecule has 0 aliphatic carbocycles. The molecule has 0 unspecified atom stereocenters. The Morgan fingerprint density at radius 3 is 2.44 bits per heavy atom. The number of benzene rings is 1. The molecular weight excluding hydrogens is 228 g/mol. The molecule has 1 aromatic carbocycles. The summed E-state index contributed by atoms with van der Waals surface area (Å²) in [6, 6.07) is 9.84. The van der Waals surface area contributed by atoms with Gasteiger partial charge in [0.25, 0.3) is 0 Å². The van der Waals surface area contributed by atoms with Crippen LogP contribution in [0.3, 0.4) is 0 Å². The Morgan fingerprint density at radius 1 is 1.06 bits per heavy atom. The zero-order valence-electron chi connectivity index (χ0n) is 10.3. The summed E-state index contributed by atoms with van der Waals surface area (Å²) < 4.78 is 5.11. The second-order valence-electron chi connectivity index (χ2n) is 4.01. The molecule has 0 bridgehead atoms. The topological polar surface area (TPSA) is 55.2 Å². The smallest absolute Gasteiger partial charge is 0.118 e. The summed E-state index contributed by atoms with van der Waals surface area (Å²) in [5.74, 6) is 0.864. The van der Waals surface area contributed by atoms with Crippen LogP contribution in [0, 0.1) is 0 Å². The third-order valence-corrected chi connectivity index (χ3v) is 2.77. The maximum atomic E-state index is 9.00. The second-order valence-corrected chi connectivity index (χ2v) is 4.01. The van der Waals surface area contributed by atoms with Crippen molar-refractivity contribution in [2.45, 2.75) is 19.4 Å². The second kappa shape index (κ2) is 6.12. The molecule has 0 spiro atoms. The molecule has 2 aromatic rings. The lowest BCUT2D eigenvalue weighted by atomic mass is 10.1. The van der Waals surface area contributed by atoms with Gasteiger partial charge in [0.05, 0.1) is 19.4 Å². The van der Waals surface area contributed by atoms with E-state index in [0.717, 1.165) is 24.3 Å². The Bertz CT molecular complexity index is 497. The standard InChI is InChI=1S/C14H16N2O2/c1-18-14-6-3-11(4-7-14)2-5-12-8-13(9-17)16-10-15-12/h3-4,6-8,10,17H,2,5,9H2,1H3. The van der Waals surface area contributed by atoms with E-state index < -0.39 is 0 Å². The van der Waals surface area contributed by atoms with E-state index in [1.165, 1.54) is 11.9 Å². The fourth-order valence-electron chi connectivity index (χ4n) is 1.73. The first kappa shape index (κ1) is 12.5. The minimum atomic E-state index is -0.0436.